The van der Waals surface area contributed by atoms with Crippen LogP contribution in [0, 0.1) is 5.92 Å². The summed E-state index contributed by atoms with van der Waals surface area (Å²) in [6, 6.07) is 17.0. The molecule has 0 radical (unpaired) electrons. The van der Waals surface area contributed by atoms with Crippen LogP contribution in [-0.2, 0) is 17.9 Å². The molecule has 1 aliphatic rings. The molecule has 0 unspecified atom stereocenters. The van der Waals surface area contributed by atoms with Gasteiger partial charge in [0.25, 0.3) is 0 Å². The highest BCUT2D eigenvalue weighted by Crippen LogP contribution is 2.24. The van der Waals surface area contributed by atoms with Crippen LogP contribution in [0.25, 0.3) is 11.1 Å². The third kappa shape index (κ3) is 4.93. The van der Waals surface area contributed by atoms with Crippen LogP contribution in [0.4, 0.5) is 0 Å². The summed E-state index contributed by atoms with van der Waals surface area (Å²) >= 11 is 0. The van der Waals surface area contributed by atoms with E-state index in [1.165, 1.54) is 16.7 Å². The summed E-state index contributed by atoms with van der Waals surface area (Å²) in [7, 11) is 4.16. The van der Waals surface area contributed by atoms with Crippen LogP contribution >= 0.6 is 0 Å². The Kier molecular flexibility index (Phi) is 6.42. The molecule has 2 aromatic rings. The molecule has 1 fully saturated rings. The molecule has 0 saturated carbocycles. The standard InChI is InChI=1S/C22H29N3O/c1-25(2)16-17-7-9-18(10-8-17)21-6-4-3-5-20(21)15-24-22(26)19-11-13-23-14-12-19/h3-10,19,23H,11-16H2,1-2H3,(H,24,26). The third-order valence-electron chi connectivity index (χ3n) is 4.94. The Hall–Kier alpha value is -2.17. The molecular formula is C22H29N3O. The molecule has 1 amide bonds. The number of hydrogen-bond donors (Lipinski definition) is 2. The summed E-state index contributed by atoms with van der Waals surface area (Å²) < 4.78 is 0. The molecule has 3 rings (SSSR count). The summed E-state index contributed by atoms with van der Waals surface area (Å²) in [5.41, 5.74) is 4.85. The maximum absolute atomic E-state index is 12.4. The number of carbonyl (C=O) groups excluding carboxylic acids is 1. The van der Waals surface area contributed by atoms with Crippen LogP contribution < -0.4 is 10.6 Å². The van der Waals surface area contributed by atoms with Crippen LogP contribution in [0.5, 0.6) is 0 Å². The van der Waals surface area contributed by atoms with Gasteiger partial charge in [0, 0.05) is 19.0 Å². The largest absolute Gasteiger partial charge is 0.352 e. The molecule has 138 valence electrons. The SMILES string of the molecule is CN(C)Cc1ccc(-c2ccccc2CNC(=O)C2CCNCC2)cc1. The zero-order valence-corrected chi connectivity index (χ0v) is 15.8. The minimum atomic E-state index is 0.147. The normalized spacial score (nSPS) is 15.2. The first-order chi connectivity index (χ1) is 12.6. The van der Waals surface area contributed by atoms with E-state index in [4.69, 9.17) is 0 Å². The maximum Gasteiger partial charge on any atom is 0.223 e. The van der Waals surface area contributed by atoms with E-state index in [0.717, 1.165) is 38.0 Å². The summed E-state index contributed by atoms with van der Waals surface area (Å²) in [5, 5.41) is 6.45. The van der Waals surface area contributed by atoms with Gasteiger partial charge in [-0.05, 0) is 62.3 Å². The average molecular weight is 351 g/mol. The number of benzene rings is 2. The van der Waals surface area contributed by atoms with Gasteiger partial charge >= 0.3 is 0 Å². The average Bonchev–Trinajstić information content (AvgIpc) is 2.67. The zero-order chi connectivity index (χ0) is 18.4. The lowest BCUT2D eigenvalue weighted by Crippen LogP contribution is -2.37. The van der Waals surface area contributed by atoms with Crippen molar-refractivity contribution in [1.29, 1.82) is 0 Å². The predicted molar refractivity (Wildman–Crippen MR) is 107 cm³/mol. The second kappa shape index (κ2) is 8.97. The molecule has 0 spiro atoms. The molecule has 1 aliphatic heterocycles. The molecule has 0 aromatic heterocycles. The van der Waals surface area contributed by atoms with Gasteiger partial charge in [-0.3, -0.25) is 4.79 Å². The van der Waals surface area contributed by atoms with Crippen molar-refractivity contribution in [2.45, 2.75) is 25.9 Å². The van der Waals surface area contributed by atoms with Crippen LogP contribution in [0.1, 0.15) is 24.0 Å². The van der Waals surface area contributed by atoms with Crippen molar-refractivity contribution in [2.75, 3.05) is 27.2 Å². The van der Waals surface area contributed by atoms with E-state index in [0.29, 0.717) is 6.54 Å². The monoisotopic (exact) mass is 351 g/mol. The number of nitrogens with zero attached hydrogens (tertiary/aromatic N) is 1. The molecule has 0 aliphatic carbocycles. The number of piperidine rings is 1. The zero-order valence-electron chi connectivity index (χ0n) is 15.8. The van der Waals surface area contributed by atoms with Gasteiger partial charge in [0.05, 0.1) is 0 Å². The van der Waals surface area contributed by atoms with E-state index >= 15 is 0 Å². The molecule has 1 heterocycles. The van der Waals surface area contributed by atoms with Gasteiger partial charge in [-0.1, -0.05) is 48.5 Å². The first-order valence-electron chi connectivity index (χ1n) is 9.44. The Morgan fingerprint density at radius 1 is 1.08 bits per heavy atom. The summed E-state index contributed by atoms with van der Waals surface area (Å²) in [6.45, 7) is 3.40. The minimum Gasteiger partial charge on any atom is -0.352 e. The molecule has 26 heavy (non-hydrogen) atoms. The Labute approximate surface area is 156 Å². The van der Waals surface area contributed by atoms with Gasteiger partial charge in [-0.2, -0.15) is 0 Å². The molecule has 0 bridgehead atoms. The van der Waals surface area contributed by atoms with Gasteiger partial charge in [-0.25, -0.2) is 0 Å². The summed E-state index contributed by atoms with van der Waals surface area (Å²) in [4.78, 5) is 14.6. The van der Waals surface area contributed by atoms with Crippen molar-refractivity contribution >= 4 is 5.91 Å². The van der Waals surface area contributed by atoms with E-state index in [1.54, 1.807) is 0 Å². The first-order valence-corrected chi connectivity index (χ1v) is 9.44. The minimum absolute atomic E-state index is 0.147. The second-order valence-corrected chi connectivity index (χ2v) is 7.33. The molecule has 4 heteroatoms. The van der Waals surface area contributed by atoms with Gasteiger partial charge in [-0.15, -0.1) is 0 Å². The van der Waals surface area contributed by atoms with E-state index < -0.39 is 0 Å². The molecule has 1 saturated heterocycles. The highest BCUT2D eigenvalue weighted by atomic mass is 16.1. The third-order valence-corrected chi connectivity index (χ3v) is 4.94. The van der Waals surface area contributed by atoms with Gasteiger partial charge in [0.15, 0.2) is 0 Å². The smallest absolute Gasteiger partial charge is 0.223 e. The fourth-order valence-corrected chi connectivity index (χ4v) is 3.52. The fourth-order valence-electron chi connectivity index (χ4n) is 3.52. The van der Waals surface area contributed by atoms with E-state index in [-0.39, 0.29) is 11.8 Å². The summed E-state index contributed by atoms with van der Waals surface area (Å²) in [6.07, 6.45) is 1.86. The Morgan fingerprint density at radius 2 is 1.77 bits per heavy atom. The number of rotatable bonds is 6. The topological polar surface area (TPSA) is 44.4 Å². The first kappa shape index (κ1) is 18.6. The van der Waals surface area contributed by atoms with Crippen LogP contribution in [0.2, 0.25) is 0 Å². The molecule has 2 N–H and O–H groups in total. The number of hydrogen-bond acceptors (Lipinski definition) is 3. The van der Waals surface area contributed by atoms with Crippen LogP contribution in [0.15, 0.2) is 48.5 Å². The van der Waals surface area contributed by atoms with Crippen molar-refractivity contribution < 1.29 is 4.79 Å². The Morgan fingerprint density at radius 3 is 2.46 bits per heavy atom. The predicted octanol–water partition coefficient (Wildman–Crippen LogP) is 3.03. The lowest BCUT2D eigenvalue weighted by atomic mass is 9.96. The number of nitrogens with one attached hydrogen (secondary N) is 2. The maximum atomic E-state index is 12.4. The van der Waals surface area contributed by atoms with Crippen LogP contribution in [-0.4, -0.2) is 38.0 Å². The van der Waals surface area contributed by atoms with E-state index in [2.05, 4.69) is 72.1 Å². The highest BCUT2D eigenvalue weighted by molar-refractivity contribution is 5.79. The van der Waals surface area contributed by atoms with E-state index in [9.17, 15) is 4.79 Å². The van der Waals surface area contributed by atoms with Gasteiger partial charge < -0.3 is 15.5 Å². The lowest BCUT2D eigenvalue weighted by Gasteiger charge is -2.22. The number of carbonyl (C=O) groups is 1. The molecule has 0 atom stereocenters. The number of amides is 1. The lowest BCUT2D eigenvalue weighted by molar-refractivity contribution is -0.125. The molecule has 2 aromatic carbocycles. The Bertz CT molecular complexity index is 718. The van der Waals surface area contributed by atoms with Crippen molar-refractivity contribution in [1.82, 2.24) is 15.5 Å². The molecular weight excluding hydrogens is 322 g/mol. The van der Waals surface area contributed by atoms with Crippen molar-refractivity contribution in [3.63, 3.8) is 0 Å². The quantitative estimate of drug-likeness (QED) is 0.841. The fraction of sp³-hybridized carbons (Fsp3) is 0.409. The van der Waals surface area contributed by atoms with Crippen molar-refractivity contribution in [3.8, 4) is 11.1 Å². The van der Waals surface area contributed by atoms with Gasteiger partial charge in [0.2, 0.25) is 5.91 Å². The molecule has 4 nitrogen and oxygen atoms in total. The second-order valence-electron chi connectivity index (χ2n) is 7.33. The summed E-state index contributed by atoms with van der Waals surface area (Å²) in [5.74, 6) is 0.330. The van der Waals surface area contributed by atoms with Crippen molar-refractivity contribution in [2.24, 2.45) is 5.92 Å². The highest BCUT2D eigenvalue weighted by Gasteiger charge is 2.20. The van der Waals surface area contributed by atoms with E-state index in [1.807, 2.05) is 6.07 Å². The Balaban J connectivity index is 1.68. The van der Waals surface area contributed by atoms with Crippen molar-refractivity contribution in [3.05, 3.63) is 59.7 Å². The van der Waals surface area contributed by atoms with Gasteiger partial charge in [0.1, 0.15) is 0 Å². The van der Waals surface area contributed by atoms with Crippen LogP contribution in [0.3, 0.4) is 0 Å².